The number of nitrogens with two attached hydrogens (primary N) is 1. The number of hydrogen-bond acceptors (Lipinski definition) is 4. The van der Waals surface area contributed by atoms with Gasteiger partial charge in [0.2, 0.25) is 5.91 Å². The van der Waals surface area contributed by atoms with Gasteiger partial charge in [0.15, 0.2) is 0 Å². The summed E-state index contributed by atoms with van der Waals surface area (Å²) in [5.41, 5.74) is 10.3. The van der Waals surface area contributed by atoms with Crippen LogP contribution in [0, 0.1) is 5.92 Å². The van der Waals surface area contributed by atoms with Crippen LogP contribution in [0.1, 0.15) is 46.9 Å². The molecule has 0 saturated carbocycles. The molecule has 3 N–H and O–H groups in total. The van der Waals surface area contributed by atoms with E-state index in [1.54, 1.807) is 6.07 Å². The third-order valence-corrected chi connectivity index (χ3v) is 6.59. The van der Waals surface area contributed by atoms with Crippen LogP contribution in [-0.2, 0) is 22.4 Å². The van der Waals surface area contributed by atoms with Crippen molar-refractivity contribution in [1.82, 2.24) is 0 Å². The number of carbonyl (C=O) groups excluding carboxylic acids is 2. The van der Waals surface area contributed by atoms with E-state index >= 15 is 0 Å². The van der Waals surface area contributed by atoms with Crippen molar-refractivity contribution in [3.05, 3.63) is 101 Å². The Morgan fingerprint density at radius 1 is 0.970 bits per heavy atom. The number of hydrogen-bond donors (Lipinski definition) is 2. The molecule has 3 unspecified atom stereocenters. The van der Waals surface area contributed by atoms with Crippen LogP contribution in [-0.4, -0.2) is 23.6 Å². The molecule has 3 aromatic carbocycles. The lowest BCUT2D eigenvalue weighted by Gasteiger charge is -2.36. The fourth-order valence-electron chi connectivity index (χ4n) is 5.17. The minimum atomic E-state index is -0.691. The molecule has 5 heteroatoms. The molecule has 1 aliphatic rings. The number of amides is 1. The van der Waals surface area contributed by atoms with Crippen molar-refractivity contribution in [2.24, 2.45) is 11.7 Å². The summed E-state index contributed by atoms with van der Waals surface area (Å²) in [5, 5.41) is 9.12. The lowest BCUT2D eigenvalue weighted by molar-refractivity contribution is -0.137. The van der Waals surface area contributed by atoms with Crippen LogP contribution in [0.25, 0.3) is 0 Å². The number of fused-ring (bicyclic) bond motifs is 1. The van der Waals surface area contributed by atoms with Crippen LogP contribution in [0.2, 0.25) is 0 Å². The number of aliphatic hydroxyl groups is 1. The van der Waals surface area contributed by atoms with Gasteiger partial charge in [0.25, 0.3) is 0 Å². The Bertz CT molecular complexity index is 1100. The zero-order valence-corrected chi connectivity index (χ0v) is 18.5. The molecule has 0 aromatic heterocycles. The molecule has 3 aromatic rings. The molecule has 1 amide bonds. The normalized spacial score (nSPS) is 16.9. The maximum atomic E-state index is 13.0. The second-order valence-corrected chi connectivity index (χ2v) is 8.59. The van der Waals surface area contributed by atoms with Gasteiger partial charge in [-0.15, -0.1) is 0 Å². The van der Waals surface area contributed by atoms with Gasteiger partial charge in [-0.05, 0) is 59.9 Å². The van der Waals surface area contributed by atoms with Crippen molar-refractivity contribution >= 4 is 11.9 Å². The van der Waals surface area contributed by atoms with Gasteiger partial charge in [0, 0.05) is 5.92 Å². The van der Waals surface area contributed by atoms with Crippen molar-refractivity contribution < 1.29 is 19.4 Å². The van der Waals surface area contributed by atoms with Gasteiger partial charge in [-0.25, -0.2) is 4.79 Å². The highest BCUT2D eigenvalue weighted by molar-refractivity contribution is 5.79. The lowest BCUT2D eigenvalue weighted by Crippen LogP contribution is -2.36. The maximum Gasteiger partial charge on any atom is 0.337 e. The van der Waals surface area contributed by atoms with Crippen molar-refractivity contribution in [3.63, 3.8) is 0 Å². The van der Waals surface area contributed by atoms with E-state index in [0.717, 1.165) is 41.5 Å². The molecule has 0 spiro atoms. The van der Waals surface area contributed by atoms with Gasteiger partial charge >= 0.3 is 5.97 Å². The monoisotopic (exact) mass is 443 g/mol. The summed E-state index contributed by atoms with van der Waals surface area (Å²) in [4.78, 5) is 24.8. The highest BCUT2D eigenvalue weighted by Gasteiger charge is 2.38. The van der Waals surface area contributed by atoms with Gasteiger partial charge in [0.1, 0.15) is 12.4 Å². The number of rotatable bonds is 8. The molecule has 0 aliphatic heterocycles. The summed E-state index contributed by atoms with van der Waals surface area (Å²) in [7, 11) is 0. The first-order valence-corrected chi connectivity index (χ1v) is 11.4. The zero-order chi connectivity index (χ0) is 23.2. The van der Waals surface area contributed by atoms with Crippen molar-refractivity contribution in [3.8, 4) is 5.75 Å². The van der Waals surface area contributed by atoms with Crippen LogP contribution in [0.4, 0.5) is 0 Å². The standard InChI is InChI=1S/C28H29NO4/c29-28(32)27(24(20-11-5-2-6-12-20)17-19-9-3-1-4-10-19)23-15-7-14-22-21(23)13-8-16-25(22)33-26(31)18-30/h1-6,8-13,16,23-24,27,30H,7,14-15,17-18H2,(H2,29,32). The van der Waals surface area contributed by atoms with Crippen LogP contribution in [0.15, 0.2) is 78.9 Å². The lowest BCUT2D eigenvalue weighted by atomic mass is 9.67. The molecule has 170 valence electrons. The van der Waals surface area contributed by atoms with E-state index in [1.165, 1.54) is 0 Å². The Balaban J connectivity index is 1.76. The minimum absolute atomic E-state index is 0.0899. The zero-order valence-electron chi connectivity index (χ0n) is 18.5. The summed E-state index contributed by atoms with van der Waals surface area (Å²) in [6, 6.07) is 25.8. The minimum Gasteiger partial charge on any atom is -0.425 e. The van der Waals surface area contributed by atoms with Gasteiger partial charge in [-0.3, -0.25) is 4.79 Å². The van der Waals surface area contributed by atoms with Gasteiger partial charge in [-0.2, -0.15) is 0 Å². The predicted molar refractivity (Wildman–Crippen MR) is 127 cm³/mol. The van der Waals surface area contributed by atoms with E-state index in [4.69, 9.17) is 15.6 Å². The van der Waals surface area contributed by atoms with E-state index in [9.17, 15) is 9.59 Å². The molecular weight excluding hydrogens is 414 g/mol. The van der Waals surface area contributed by atoms with Gasteiger partial charge < -0.3 is 15.6 Å². The molecule has 0 fully saturated rings. The maximum absolute atomic E-state index is 13.0. The van der Waals surface area contributed by atoms with E-state index in [2.05, 4.69) is 24.3 Å². The van der Waals surface area contributed by atoms with E-state index < -0.39 is 18.5 Å². The quantitative estimate of drug-likeness (QED) is 0.405. The fourth-order valence-corrected chi connectivity index (χ4v) is 5.17. The molecule has 0 bridgehead atoms. The van der Waals surface area contributed by atoms with Gasteiger partial charge in [0.05, 0.1) is 5.92 Å². The predicted octanol–water partition coefficient (Wildman–Crippen LogP) is 4.13. The summed E-state index contributed by atoms with van der Waals surface area (Å²) in [5.74, 6) is -1.16. The molecule has 3 atom stereocenters. The Morgan fingerprint density at radius 3 is 2.33 bits per heavy atom. The van der Waals surface area contributed by atoms with E-state index in [0.29, 0.717) is 12.2 Å². The Hall–Kier alpha value is -3.44. The second-order valence-electron chi connectivity index (χ2n) is 8.59. The summed E-state index contributed by atoms with van der Waals surface area (Å²) in [6.07, 6.45) is 3.14. The molecule has 0 radical (unpaired) electrons. The number of ether oxygens (including phenoxy) is 1. The van der Waals surface area contributed by atoms with Crippen LogP contribution < -0.4 is 10.5 Å². The first kappa shape index (κ1) is 22.7. The first-order chi connectivity index (χ1) is 16.1. The highest BCUT2D eigenvalue weighted by atomic mass is 16.5. The van der Waals surface area contributed by atoms with Crippen molar-refractivity contribution in [1.29, 1.82) is 0 Å². The van der Waals surface area contributed by atoms with Crippen LogP contribution in [0.3, 0.4) is 0 Å². The van der Waals surface area contributed by atoms with Crippen molar-refractivity contribution in [2.45, 2.75) is 37.5 Å². The van der Waals surface area contributed by atoms with Crippen LogP contribution >= 0.6 is 0 Å². The molecule has 1 aliphatic carbocycles. The van der Waals surface area contributed by atoms with E-state index in [-0.39, 0.29) is 17.7 Å². The molecule has 33 heavy (non-hydrogen) atoms. The largest absolute Gasteiger partial charge is 0.425 e. The Kier molecular flexibility index (Phi) is 7.20. The molecular formula is C28H29NO4. The van der Waals surface area contributed by atoms with E-state index in [1.807, 2.05) is 48.5 Å². The number of primary amides is 1. The van der Waals surface area contributed by atoms with Crippen molar-refractivity contribution in [2.75, 3.05) is 6.61 Å². The van der Waals surface area contributed by atoms with Crippen LogP contribution in [0.5, 0.6) is 5.75 Å². The number of aliphatic hydroxyl groups excluding tert-OH is 1. The SMILES string of the molecule is NC(=O)C(C(Cc1ccccc1)c1ccccc1)C1CCCc2c(OC(=O)CO)cccc21. The number of esters is 1. The average molecular weight is 444 g/mol. The molecule has 0 saturated heterocycles. The average Bonchev–Trinajstić information content (AvgIpc) is 2.85. The topological polar surface area (TPSA) is 89.6 Å². The first-order valence-electron chi connectivity index (χ1n) is 11.4. The number of carbonyl (C=O) groups is 2. The third kappa shape index (κ3) is 5.15. The number of benzene rings is 3. The van der Waals surface area contributed by atoms with Gasteiger partial charge in [-0.1, -0.05) is 72.8 Å². The highest BCUT2D eigenvalue weighted by Crippen LogP contribution is 2.46. The second kappa shape index (κ2) is 10.5. The smallest absolute Gasteiger partial charge is 0.337 e. The molecule has 4 rings (SSSR count). The fraction of sp³-hybridized carbons (Fsp3) is 0.286. The Morgan fingerprint density at radius 2 is 1.67 bits per heavy atom. The Labute approximate surface area is 194 Å². The molecule has 5 nitrogen and oxygen atoms in total. The molecule has 0 heterocycles. The summed E-state index contributed by atoms with van der Waals surface area (Å²) in [6.45, 7) is -0.676. The third-order valence-electron chi connectivity index (χ3n) is 6.59. The summed E-state index contributed by atoms with van der Waals surface area (Å²) < 4.78 is 5.39. The summed E-state index contributed by atoms with van der Waals surface area (Å²) >= 11 is 0.